The van der Waals surface area contributed by atoms with Crippen LogP contribution < -0.4 is 15.0 Å². The monoisotopic (exact) mass is 419 g/mol. The summed E-state index contributed by atoms with van der Waals surface area (Å²) in [4.78, 5) is 27.2. The molecular weight excluding hydrogens is 398 g/mol. The Morgan fingerprint density at radius 1 is 1.07 bits per heavy atom. The summed E-state index contributed by atoms with van der Waals surface area (Å²) in [6.07, 6.45) is 3.60. The molecule has 1 aromatic heterocycles. The van der Waals surface area contributed by atoms with E-state index in [0.717, 1.165) is 16.5 Å². The first kappa shape index (κ1) is 19.8. The van der Waals surface area contributed by atoms with Crippen molar-refractivity contribution in [2.75, 3.05) is 12.0 Å². The Morgan fingerprint density at radius 3 is 2.43 bits per heavy atom. The Morgan fingerprint density at radius 2 is 1.77 bits per heavy atom. The molecule has 1 aliphatic heterocycles. The number of hydrogen-bond acceptors (Lipinski definition) is 4. The van der Waals surface area contributed by atoms with Crippen LogP contribution in [0.15, 0.2) is 60.3 Å². The van der Waals surface area contributed by atoms with Gasteiger partial charge in [0.2, 0.25) is 0 Å². The van der Waals surface area contributed by atoms with Gasteiger partial charge in [-0.2, -0.15) is 0 Å². The van der Waals surface area contributed by atoms with Gasteiger partial charge in [-0.05, 0) is 62.5 Å². The van der Waals surface area contributed by atoms with E-state index >= 15 is 0 Å². The molecule has 4 rings (SSSR count). The van der Waals surface area contributed by atoms with Gasteiger partial charge in [0.1, 0.15) is 11.3 Å². The van der Waals surface area contributed by atoms with E-state index in [4.69, 9.17) is 17.0 Å². The molecule has 2 aromatic carbocycles. The summed E-state index contributed by atoms with van der Waals surface area (Å²) in [5.74, 6) is -0.304. The third-order valence-corrected chi connectivity index (χ3v) is 5.34. The van der Waals surface area contributed by atoms with Crippen molar-refractivity contribution in [3.05, 3.63) is 65.9 Å². The molecule has 2 amide bonds. The fourth-order valence-corrected chi connectivity index (χ4v) is 3.83. The van der Waals surface area contributed by atoms with Crippen molar-refractivity contribution in [2.24, 2.45) is 0 Å². The Kier molecular flexibility index (Phi) is 5.13. The number of rotatable bonds is 4. The second-order valence-electron chi connectivity index (χ2n) is 7.26. The smallest absolute Gasteiger partial charge is 0.270 e. The second-order valence-corrected chi connectivity index (χ2v) is 7.65. The fraction of sp³-hybridized carbons (Fsp3) is 0.174. The minimum Gasteiger partial charge on any atom is -0.497 e. The van der Waals surface area contributed by atoms with E-state index in [1.807, 2.05) is 30.5 Å². The van der Waals surface area contributed by atoms with Gasteiger partial charge < -0.3 is 9.30 Å². The second kappa shape index (κ2) is 7.76. The molecule has 0 aliphatic carbocycles. The maximum Gasteiger partial charge on any atom is 0.270 e. The van der Waals surface area contributed by atoms with Crippen LogP contribution >= 0.6 is 12.2 Å². The van der Waals surface area contributed by atoms with Gasteiger partial charge in [0.15, 0.2) is 5.11 Å². The molecule has 1 N–H and O–H groups in total. The number of methoxy groups -OCH3 is 1. The molecule has 2 heterocycles. The summed E-state index contributed by atoms with van der Waals surface area (Å²) in [6.45, 7) is 4.18. The van der Waals surface area contributed by atoms with Crippen LogP contribution in [0.25, 0.3) is 17.0 Å². The minimum atomic E-state index is -0.504. The molecule has 0 unspecified atom stereocenters. The predicted octanol–water partition coefficient (Wildman–Crippen LogP) is 4.06. The molecule has 1 saturated heterocycles. The maximum absolute atomic E-state index is 13.3. The number of carbonyl (C=O) groups excluding carboxylic acids is 2. The summed E-state index contributed by atoms with van der Waals surface area (Å²) in [5, 5.41) is 3.65. The standard InChI is InChI=1S/C23H21N3O3S/c1-14(2)25-13-15(18-6-4-5-7-20(18)25)12-19-21(27)24-23(30)26(22(19)28)16-8-10-17(29-3)11-9-16/h4-14H,1-3H3,(H,24,27,30)/b19-12-. The average molecular weight is 420 g/mol. The molecule has 0 radical (unpaired) electrons. The SMILES string of the molecule is COc1ccc(N2C(=O)/C(=C\c3cn(C(C)C)c4ccccc34)C(=O)NC2=S)cc1. The van der Waals surface area contributed by atoms with Crippen LogP contribution in [-0.2, 0) is 9.59 Å². The largest absolute Gasteiger partial charge is 0.497 e. The Hall–Kier alpha value is -3.45. The van der Waals surface area contributed by atoms with Crippen LogP contribution in [-0.4, -0.2) is 28.6 Å². The third kappa shape index (κ3) is 3.37. The third-order valence-electron chi connectivity index (χ3n) is 5.06. The highest BCUT2D eigenvalue weighted by molar-refractivity contribution is 7.80. The van der Waals surface area contributed by atoms with Gasteiger partial charge >= 0.3 is 0 Å². The molecule has 0 saturated carbocycles. The highest BCUT2D eigenvalue weighted by atomic mass is 32.1. The molecule has 1 fully saturated rings. The number of anilines is 1. The van der Waals surface area contributed by atoms with Crippen LogP contribution in [0.5, 0.6) is 5.75 Å². The Bertz CT molecular complexity index is 1190. The van der Waals surface area contributed by atoms with Crippen molar-refractivity contribution < 1.29 is 14.3 Å². The number of amides is 2. The molecule has 0 atom stereocenters. The van der Waals surface area contributed by atoms with Crippen LogP contribution in [0, 0.1) is 0 Å². The zero-order chi connectivity index (χ0) is 21.4. The first-order valence-electron chi connectivity index (χ1n) is 9.56. The highest BCUT2D eigenvalue weighted by Crippen LogP contribution is 2.29. The van der Waals surface area contributed by atoms with Crippen molar-refractivity contribution in [1.82, 2.24) is 9.88 Å². The number of fused-ring (bicyclic) bond motifs is 1. The summed E-state index contributed by atoms with van der Waals surface area (Å²) in [7, 11) is 1.57. The topological polar surface area (TPSA) is 63.6 Å². The minimum absolute atomic E-state index is 0.0334. The van der Waals surface area contributed by atoms with Crippen LogP contribution in [0.2, 0.25) is 0 Å². The number of carbonyl (C=O) groups is 2. The molecule has 0 bridgehead atoms. The lowest BCUT2D eigenvalue weighted by atomic mass is 10.1. The van der Waals surface area contributed by atoms with Crippen molar-refractivity contribution in [2.45, 2.75) is 19.9 Å². The van der Waals surface area contributed by atoms with Crippen molar-refractivity contribution in [3.63, 3.8) is 0 Å². The number of thiocarbonyl (C=S) groups is 1. The van der Waals surface area contributed by atoms with E-state index in [0.29, 0.717) is 11.4 Å². The van der Waals surface area contributed by atoms with E-state index in [2.05, 4.69) is 23.7 Å². The van der Waals surface area contributed by atoms with Gasteiger partial charge in [-0.15, -0.1) is 0 Å². The van der Waals surface area contributed by atoms with Gasteiger partial charge in [0, 0.05) is 28.7 Å². The van der Waals surface area contributed by atoms with Gasteiger partial charge in [0.05, 0.1) is 12.8 Å². The lowest BCUT2D eigenvalue weighted by Crippen LogP contribution is -2.54. The molecule has 1 aliphatic rings. The summed E-state index contributed by atoms with van der Waals surface area (Å²) in [5.41, 5.74) is 2.44. The first-order valence-corrected chi connectivity index (χ1v) is 9.96. The fourth-order valence-electron chi connectivity index (χ4n) is 3.55. The van der Waals surface area contributed by atoms with Gasteiger partial charge in [0.25, 0.3) is 11.8 Å². The van der Waals surface area contributed by atoms with E-state index in [9.17, 15) is 9.59 Å². The first-order chi connectivity index (χ1) is 14.4. The summed E-state index contributed by atoms with van der Waals surface area (Å²) < 4.78 is 7.29. The number of nitrogens with one attached hydrogen (secondary N) is 1. The quantitative estimate of drug-likeness (QED) is 0.394. The van der Waals surface area contributed by atoms with E-state index in [1.54, 1.807) is 37.5 Å². The number of ether oxygens (including phenoxy) is 1. The predicted molar refractivity (Wildman–Crippen MR) is 122 cm³/mol. The maximum atomic E-state index is 13.3. The van der Waals surface area contributed by atoms with Crippen LogP contribution in [0.4, 0.5) is 5.69 Å². The summed E-state index contributed by atoms with van der Waals surface area (Å²) >= 11 is 5.27. The normalized spacial score (nSPS) is 15.9. The number of nitrogens with zero attached hydrogens (tertiary/aromatic N) is 2. The number of benzene rings is 2. The van der Waals surface area contributed by atoms with Gasteiger partial charge in [-0.1, -0.05) is 18.2 Å². The van der Waals surface area contributed by atoms with Crippen LogP contribution in [0.1, 0.15) is 25.5 Å². The van der Waals surface area contributed by atoms with E-state index in [-0.39, 0.29) is 16.7 Å². The van der Waals surface area contributed by atoms with Gasteiger partial charge in [-0.3, -0.25) is 19.8 Å². The molecule has 6 nitrogen and oxygen atoms in total. The zero-order valence-corrected chi connectivity index (χ0v) is 17.7. The molecule has 152 valence electrons. The van der Waals surface area contributed by atoms with E-state index < -0.39 is 11.8 Å². The molecule has 0 spiro atoms. The average Bonchev–Trinajstić information content (AvgIpc) is 3.10. The Balaban J connectivity index is 1.79. The summed E-state index contributed by atoms with van der Waals surface area (Å²) in [6, 6.07) is 15.1. The molecule has 30 heavy (non-hydrogen) atoms. The van der Waals surface area contributed by atoms with Crippen molar-refractivity contribution in [1.29, 1.82) is 0 Å². The van der Waals surface area contributed by atoms with E-state index in [1.165, 1.54) is 4.90 Å². The lowest BCUT2D eigenvalue weighted by Gasteiger charge is -2.29. The lowest BCUT2D eigenvalue weighted by molar-refractivity contribution is -0.122. The molecule has 3 aromatic rings. The van der Waals surface area contributed by atoms with Crippen molar-refractivity contribution >= 4 is 51.8 Å². The Labute approximate surface area is 179 Å². The molecule has 7 heteroatoms. The van der Waals surface area contributed by atoms with Crippen LogP contribution in [0.3, 0.4) is 0 Å². The highest BCUT2D eigenvalue weighted by Gasteiger charge is 2.34. The number of para-hydroxylation sites is 1. The molecular formula is C23H21N3O3S. The number of hydrogen-bond donors (Lipinski definition) is 1. The zero-order valence-electron chi connectivity index (χ0n) is 16.9. The van der Waals surface area contributed by atoms with Crippen molar-refractivity contribution in [3.8, 4) is 5.75 Å². The van der Waals surface area contributed by atoms with Gasteiger partial charge in [-0.25, -0.2) is 0 Å². The number of aromatic nitrogens is 1.